The number of aliphatic hydroxyl groups is 1. The van der Waals surface area contributed by atoms with Crippen LogP contribution in [0.5, 0.6) is 0 Å². The molecule has 0 aromatic carbocycles. The van der Waals surface area contributed by atoms with Crippen LogP contribution in [0.4, 0.5) is 0 Å². The van der Waals surface area contributed by atoms with Gasteiger partial charge in [-0.25, -0.2) is 4.98 Å². The van der Waals surface area contributed by atoms with Crippen molar-refractivity contribution in [2.24, 2.45) is 0 Å². The molecule has 0 atom stereocenters. The van der Waals surface area contributed by atoms with Crippen molar-refractivity contribution in [2.75, 3.05) is 18.9 Å². The molecule has 0 spiro atoms. The van der Waals surface area contributed by atoms with Gasteiger partial charge in [-0.05, 0) is 37.4 Å². The Morgan fingerprint density at radius 1 is 1.47 bits per heavy atom. The van der Waals surface area contributed by atoms with Gasteiger partial charge in [0.25, 0.3) is 0 Å². The zero-order valence-corrected chi connectivity index (χ0v) is 11.5. The Bertz CT molecular complexity index is 331. The zero-order valence-electron chi connectivity index (χ0n) is 10.7. The van der Waals surface area contributed by atoms with Gasteiger partial charge in [-0.2, -0.15) is 0 Å². The summed E-state index contributed by atoms with van der Waals surface area (Å²) >= 11 is 1.72. The average Bonchev–Trinajstić information content (AvgIpc) is 2.32. The van der Waals surface area contributed by atoms with E-state index in [1.807, 2.05) is 6.20 Å². The lowest BCUT2D eigenvalue weighted by molar-refractivity contribution is 0.296. The van der Waals surface area contributed by atoms with E-state index in [0.717, 1.165) is 36.7 Å². The van der Waals surface area contributed by atoms with E-state index in [1.165, 1.54) is 11.1 Å². The fourth-order valence-corrected chi connectivity index (χ4v) is 2.39. The lowest BCUT2D eigenvalue weighted by atomic mass is 10.2. The molecule has 0 radical (unpaired) electrons. The maximum atomic E-state index is 8.74. The maximum Gasteiger partial charge on any atom is 0.0989 e. The van der Waals surface area contributed by atoms with Crippen molar-refractivity contribution in [3.63, 3.8) is 0 Å². The van der Waals surface area contributed by atoms with Gasteiger partial charge in [-0.15, -0.1) is 11.8 Å². The Balaban J connectivity index is 2.47. The van der Waals surface area contributed by atoms with Crippen molar-refractivity contribution in [3.8, 4) is 0 Å². The molecule has 0 saturated carbocycles. The van der Waals surface area contributed by atoms with Crippen LogP contribution < -0.4 is 5.32 Å². The molecule has 0 amide bonds. The molecule has 0 bridgehead atoms. The van der Waals surface area contributed by atoms with Crippen molar-refractivity contribution in [1.82, 2.24) is 10.3 Å². The Labute approximate surface area is 108 Å². The predicted octanol–water partition coefficient (Wildman–Crippen LogP) is 2.36. The number of nitrogens with one attached hydrogen (secondary N) is 1. The summed E-state index contributed by atoms with van der Waals surface area (Å²) in [5.41, 5.74) is 2.46. The third-order valence-electron chi connectivity index (χ3n) is 2.38. The molecular weight excluding hydrogens is 232 g/mol. The molecule has 0 fully saturated rings. The smallest absolute Gasteiger partial charge is 0.0989 e. The van der Waals surface area contributed by atoms with Crippen molar-refractivity contribution < 1.29 is 5.11 Å². The van der Waals surface area contributed by atoms with E-state index >= 15 is 0 Å². The quantitative estimate of drug-likeness (QED) is 0.552. The highest BCUT2D eigenvalue weighted by Gasteiger charge is 2.02. The van der Waals surface area contributed by atoms with Gasteiger partial charge in [-0.1, -0.05) is 13.0 Å². The first kappa shape index (κ1) is 14.5. The monoisotopic (exact) mass is 254 g/mol. The van der Waals surface area contributed by atoms with Crippen LogP contribution in [-0.4, -0.2) is 29.0 Å². The van der Waals surface area contributed by atoms with Crippen LogP contribution in [0.2, 0.25) is 0 Å². The zero-order chi connectivity index (χ0) is 12.5. The number of pyridine rings is 1. The molecule has 0 aliphatic rings. The van der Waals surface area contributed by atoms with Gasteiger partial charge >= 0.3 is 0 Å². The summed E-state index contributed by atoms with van der Waals surface area (Å²) in [6.45, 7) is 6.45. The largest absolute Gasteiger partial charge is 0.396 e. The number of nitrogens with zero attached hydrogens (tertiary/aromatic N) is 1. The van der Waals surface area contributed by atoms with E-state index < -0.39 is 0 Å². The molecule has 1 rings (SSSR count). The van der Waals surface area contributed by atoms with Crippen molar-refractivity contribution >= 4 is 11.8 Å². The van der Waals surface area contributed by atoms with E-state index in [-0.39, 0.29) is 6.61 Å². The lowest BCUT2D eigenvalue weighted by Gasteiger charge is -2.07. The first-order valence-corrected chi connectivity index (χ1v) is 7.16. The van der Waals surface area contributed by atoms with Gasteiger partial charge in [-0.3, -0.25) is 0 Å². The fraction of sp³-hybridized carbons (Fsp3) is 0.615. The second kappa shape index (κ2) is 8.50. The number of aromatic nitrogens is 1. The third kappa shape index (κ3) is 5.52. The van der Waals surface area contributed by atoms with Crippen molar-refractivity contribution in [1.29, 1.82) is 0 Å². The Kier molecular flexibility index (Phi) is 7.24. The highest BCUT2D eigenvalue weighted by molar-refractivity contribution is 7.99. The molecular formula is C13H22N2OS. The number of aryl methyl sites for hydroxylation is 1. The van der Waals surface area contributed by atoms with Gasteiger partial charge in [0.1, 0.15) is 0 Å². The summed E-state index contributed by atoms with van der Waals surface area (Å²) in [6.07, 6.45) is 3.92. The second-order valence-corrected chi connectivity index (χ2v) is 5.15. The topological polar surface area (TPSA) is 45.2 Å². The maximum absolute atomic E-state index is 8.74. The van der Waals surface area contributed by atoms with Crippen LogP contribution >= 0.6 is 11.8 Å². The Morgan fingerprint density at radius 2 is 2.29 bits per heavy atom. The molecule has 96 valence electrons. The Hall–Kier alpha value is -0.580. The lowest BCUT2D eigenvalue weighted by Crippen LogP contribution is -2.14. The van der Waals surface area contributed by atoms with Crippen LogP contribution in [0.1, 0.15) is 30.9 Å². The first-order valence-electron chi connectivity index (χ1n) is 6.17. The van der Waals surface area contributed by atoms with E-state index in [0.29, 0.717) is 0 Å². The molecule has 0 aliphatic heterocycles. The molecule has 0 saturated heterocycles. The second-order valence-electron chi connectivity index (χ2n) is 4.07. The van der Waals surface area contributed by atoms with E-state index in [1.54, 1.807) is 11.8 Å². The van der Waals surface area contributed by atoms with Crippen molar-refractivity contribution in [3.05, 3.63) is 23.4 Å². The first-order chi connectivity index (χ1) is 8.27. The molecule has 1 heterocycles. The third-order valence-corrected chi connectivity index (χ3v) is 3.58. The molecule has 2 N–H and O–H groups in total. The summed E-state index contributed by atoms with van der Waals surface area (Å²) in [7, 11) is 0. The highest BCUT2D eigenvalue weighted by atomic mass is 32.2. The Morgan fingerprint density at radius 3 is 2.94 bits per heavy atom. The van der Waals surface area contributed by atoms with Crippen LogP contribution in [-0.2, 0) is 6.54 Å². The number of thioether (sulfide) groups is 1. The normalized spacial score (nSPS) is 10.8. The highest BCUT2D eigenvalue weighted by Crippen LogP contribution is 2.20. The molecule has 4 heteroatoms. The molecule has 1 aromatic heterocycles. The van der Waals surface area contributed by atoms with Crippen LogP contribution in [0, 0.1) is 6.92 Å². The average molecular weight is 254 g/mol. The van der Waals surface area contributed by atoms with E-state index in [9.17, 15) is 0 Å². The molecule has 1 aromatic rings. The SMILES string of the molecule is CCCNCc1cnc(SCCCO)c(C)c1. The fourth-order valence-electron chi connectivity index (χ4n) is 1.51. The van der Waals surface area contributed by atoms with Gasteiger partial charge in [0.05, 0.1) is 5.03 Å². The standard InChI is InChI=1S/C13H22N2OS/c1-3-5-14-9-12-8-11(2)13(15-10-12)17-7-4-6-16/h8,10,14,16H,3-7,9H2,1-2H3. The summed E-state index contributed by atoms with van der Waals surface area (Å²) in [5.74, 6) is 0.928. The summed E-state index contributed by atoms with van der Waals surface area (Å²) in [6, 6.07) is 2.19. The summed E-state index contributed by atoms with van der Waals surface area (Å²) in [4.78, 5) is 4.47. The molecule has 17 heavy (non-hydrogen) atoms. The summed E-state index contributed by atoms with van der Waals surface area (Å²) in [5, 5.41) is 13.2. The minimum atomic E-state index is 0.255. The van der Waals surface area contributed by atoms with Crippen LogP contribution in [0.25, 0.3) is 0 Å². The van der Waals surface area contributed by atoms with Gasteiger partial charge < -0.3 is 10.4 Å². The molecule has 0 aliphatic carbocycles. The number of aliphatic hydroxyl groups excluding tert-OH is 1. The molecule has 0 unspecified atom stereocenters. The van der Waals surface area contributed by atoms with Gasteiger partial charge in [0.2, 0.25) is 0 Å². The summed E-state index contributed by atoms with van der Waals surface area (Å²) < 4.78 is 0. The molecule has 3 nitrogen and oxygen atoms in total. The minimum Gasteiger partial charge on any atom is -0.396 e. The van der Waals surface area contributed by atoms with E-state index in [2.05, 4.69) is 30.2 Å². The van der Waals surface area contributed by atoms with Crippen molar-refractivity contribution in [2.45, 2.75) is 38.3 Å². The predicted molar refractivity (Wildman–Crippen MR) is 73.4 cm³/mol. The number of hydrogen-bond acceptors (Lipinski definition) is 4. The van der Waals surface area contributed by atoms with Crippen LogP contribution in [0.3, 0.4) is 0 Å². The number of hydrogen-bond donors (Lipinski definition) is 2. The minimum absolute atomic E-state index is 0.255. The van der Waals surface area contributed by atoms with Gasteiger partial charge in [0.15, 0.2) is 0 Å². The number of rotatable bonds is 8. The van der Waals surface area contributed by atoms with Crippen LogP contribution in [0.15, 0.2) is 17.3 Å². The van der Waals surface area contributed by atoms with E-state index in [4.69, 9.17) is 5.11 Å². The van der Waals surface area contributed by atoms with Gasteiger partial charge in [0, 0.05) is 25.1 Å².